The first-order chi connectivity index (χ1) is 8.41. The minimum atomic E-state index is -0.651. The first-order valence-corrected chi connectivity index (χ1v) is 5.88. The Labute approximate surface area is 120 Å². The number of anilines is 1. The van der Waals surface area contributed by atoms with Gasteiger partial charge in [0.05, 0.1) is 16.8 Å². The van der Waals surface area contributed by atoms with Gasteiger partial charge in [-0.15, -0.1) is 12.4 Å². The molecule has 4 nitrogen and oxygen atoms in total. The molecule has 0 fully saturated rings. The van der Waals surface area contributed by atoms with Crippen LogP contribution in [0.15, 0.2) is 6.07 Å². The van der Waals surface area contributed by atoms with E-state index in [2.05, 4.69) is 5.32 Å². The van der Waals surface area contributed by atoms with Crippen LogP contribution in [0.3, 0.4) is 0 Å². The number of amides is 1. The van der Waals surface area contributed by atoms with Crippen LogP contribution in [0.4, 0.5) is 10.1 Å². The van der Waals surface area contributed by atoms with E-state index < -0.39 is 11.9 Å². The van der Waals surface area contributed by atoms with Crippen LogP contribution in [0.1, 0.15) is 29.3 Å². The molecule has 1 aliphatic rings. The molecule has 1 aromatic rings. The standard InChI is InChI=1S/C12H12ClFN2O2.ClH/c1-5(17)16-9-4-7(14)11(13)6-2-3-8(15)12(18)10(6)9;/h4,8H,2-3,15H2,1H3,(H,16,17);1H. The average molecular weight is 307 g/mol. The van der Waals surface area contributed by atoms with Gasteiger partial charge in [-0.3, -0.25) is 9.59 Å². The van der Waals surface area contributed by atoms with Crippen LogP contribution in [-0.2, 0) is 11.2 Å². The van der Waals surface area contributed by atoms with Crippen molar-refractivity contribution in [3.05, 3.63) is 28.0 Å². The second-order valence-corrected chi connectivity index (χ2v) is 4.64. The third-order valence-electron chi connectivity index (χ3n) is 2.92. The molecule has 1 aromatic carbocycles. The van der Waals surface area contributed by atoms with Gasteiger partial charge in [0, 0.05) is 12.5 Å². The predicted octanol–water partition coefficient (Wildman–Crippen LogP) is 2.32. The van der Waals surface area contributed by atoms with Crippen molar-refractivity contribution in [2.75, 3.05) is 5.32 Å². The maximum atomic E-state index is 13.6. The van der Waals surface area contributed by atoms with E-state index in [4.69, 9.17) is 17.3 Å². The van der Waals surface area contributed by atoms with Crippen LogP contribution >= 0.6 is 24.0 Å². The second-order valence-electron chi connectivity index (χ2n) is 4.26. The van der Waals surface area contributed by atoms with Gasteiger partial charge in [-0.25, -0.2) is 4.39 Å². The quantitative estimate of drug-likeness (QED) is 0.836. The molecular weight excluding hydrogens is 294 g/mol. The number of carbonyl (C=O) groups excluding carboxylic acids is 2. The monoisotopic (exact) mass is 306 g/mol. The van der Waals surface area contributed by atoms with Crippen molar-refractivity contribution in [1.29, 1.82) is 0 Å². The van der Waals surface area contributed by atoms with E-state index in [0.717, 1.165) is 6.07 Å². The van der Waals surface area contributed by atoms with Gasteiger partial charge in [-0.1, -0.05) is 11.6 Å². The van der Waals surface area contributed by atoms with E-state index >= 15 is 0 Å². The molecule has 2 rings (SSSR count). The highest BCUT2D eigenvalue weighted by Crippen LogP contribution is 2.35. The molecule has 0 radical (unpaired) electrons. The Balaban J connectivity index is 0.00000180. The predicted molar refractivity (Wildman–Crippen MR) is 73.6 cm³/mol. The van der Waals surface area contributed by atoms with Gasteiger partial charge in [0.2, 0.25) is 5.91 Å². The minimum Gasteiger partial charge on any atom is -0.326 e. The summed E-state index contributed by atoms with van der Waals surface area (Å²) in [4.78, 5) is 23.1. The summed E-state index contributed by atoms with van der Waals surface area (Å²) in [6.45, 7) is 1.28. The molecule has 1 aliphatic carbocycles. The summed E-state index contributed by atoms with van der Waals surface area (Å²) < 4.78 is 13.6. The van der Waals surface area contributed by atoms with Crippen molar-refractivity contribution < 1.29 is 14.0 Å². The van der Waals surface area contributed by atoms with E-state index in [1.807, 2.05) is 0 Å². The van der Waals surface area contributed by atoms with Gasteiger partial charge >= 0.3 is 0 Å². The summed E-state index contributed by atoms with van der Waals surface area (Å²) in [5.74, 6) is -1.35. The zero-order valence-electron chi connectivity index (χ0n) is 10.1. The Morgan fingerprint density at radius 2 is 2.21 bits per heavy atom. The Bertz CT molecular complexity index is 549. The number of ketones is 1. The SMILES string of the molecule is CC(=O)Nc1cc(F)c(Cl)c2c1C(=O)C(N)CC2.Cl. The molecule has 19 heavy (non-hydrogen) atoms. The van der Waals surface area contributed by atoms with Crippen molar-refractivity contribution in [1.82, 2.24) is 0 Å². The average Bonchev–Trinajstić information content (AvgIpc) is 2.28. The topological polar surface area (TPSA) is 72.2 Å². The molecule has 1 amide bonds. The molecule has 0 heterocycles. The smallest absolute Gasteiger partial charge is 0.221 e. The van der Waals surface area contributed by atoms with Crippen LogP contribution in [0.25, 0.3) is 0 Å². The summed E-state index contributed by atoms with van der Waals surface area (Å²) >= 11 is 5.85. The number of halogens is 3. The lowest BCUT2D eigenvalue weighted by Crippen LogP contribution is -2.36. The van der Waals surface area contributed by atoms with E-state index in [0.29, 0.717) is 18.4 Å². The normalized spacial score (nSPS) is 17.5. The molecule has 0 saturated carbocycles. The molecule has 7 heteroatoms. The number of hydrogen-bond acceptors (Lipinski definition) is 3. The molecule has 0 bridgehead atoms. The van der Waals surface area contributed by atoms with Gasteiger partial charge < -0.3 is 11.1 Å². The van der Waals surface area contributed by atoms with E-state index in [1.54, 1.807) is 0 Å². The van der Waals surface area contributed by atoms with Gasteiger partial charge in [-0.05, 0) is 24.5 Å². The lowest BCUT2D eigenvalue weighted by atomic mass is 9.86. The lowest BCUT2D eigenvalue weighted by molar-refractivity contribution is -0.114. The highest BCUT2D eigenvalue weighted by atomic mass is 35.5. The fourth-order valence-corrected chi connectivity index (χ4v) is 2.34. The number of fused-ring (bicyclic) bond motifs is 1. The summed E-state index contributed by atoms with van der Waals surface area (Å²) in [5.41, 5.74) is 6.48. The van der Waals surface area contributed by atoms with Gasteiger partial charge in [0.1, 0.15) is 5.82 Å². The summed E-state index contributed by atoms with van der Waals surface area (Å²) in [6.07, 6.45) is 0.847. The first kappa shape index (κ1) is 15.9. The molecule has 0 aliphatic heterocycles. The summed E-state index contributed by atoms with van der Waals surface area (Å²) in [6, 6.07) is 0.421. The van der Waals surface area contributed by atoms with Gasteiger partial charge in [0.15, 0.2) is 5.78 Å². The number of hydrogen-bond donors (Lipinski definition) is 2. The van der Waals surface area contributed by atoms with E-state index in [-0.39, 0.29) is 40.4 Å². The van der Waals surface area contributed by atoms with Crippen LogP contribution < -0.4 is 11.1 Å². The van der Waals surface area contributed by atoms with Crippen molar-refractivity contribution in [3.8, 4) is 0 Å². The number of carbonyl (C=O) groups is 2. The number of rotatable bonds is 1. The maximum absolute atomic E-state index is 13.6. The third-order valence-corrected chi connectivity index (χ3v) is 3.32. The Morgan fingerprint density at radius 1 is 1.58 bits per heavy atom. The molecule has 3 N–H and O–H groups in total. The molecular formula is C12H13Cl2FN2O2. The van der Waals surface area contributed by atoms with Crippen molar-refractivity contribution in [2.45, 2.75) is 25.8 Å². The Morgan fingerprint density at radius 3 is 2.79 bits per heavy atom. The van der Waals surface area contributed by atoms with E-state index in [1.165, 1.54) is 6.92 Å². The highest BCUT2D eigenvalue weighted by molar-refractivity contribution is 6.32. The molecule has 1 unspecified atom stereocenters. The molecule has 0 saturated heterocycles. The number of benzene rings is 1. The van der Waals surface area contributed by atoms with Crippen molar-refractivity contribution in [2.24, 2.45) is 5.73 Å². The van der Waals surface area contributed by atoms with Gasteiger partial charge in [-0.2, -0.15) is 0 Å². The maximum Gasteiger partial charge on any atom is 0.221 e. The number of nitrogens with one attached hydrogen (secondary N) is 1. The van der Waals surface area contributed by atoms with Crippen LogP contribution in [0.5, 0.6) is 0 Å². The minimum absolute atomic E-state index is 0. The molecule has 104 valence electrons. The Hall–Kier alpha value is -1.17. The zero-order chi connectivity index (χ0) is 13.4. The van der Waals surface area contributed by atoms with Gasteiger partial charge in [0.25, 0.3) is 0 Å². The summed E-state index contributed by atoms with van der Waals surface area (Å²) in [5, 5.41) is 2.37. The van der Waals surface area contributed by atoms with Crippen LogP contribution in [0.2, 0.25) is 5.02 Å². The fraction of sp³-hybridized carbons (Fsp3) is 0.333. The van der Waals surface area contributed by atoms with Crippen LogP contribution in [0, 0.1) is 5.82 Å². The van der Waals surface area contributed by atoms with Crippen molar-refractivity contribution in [3.63, 3.8) is 0 Å². The molecule has 0 spiro atoms. The number of Topliss-reactive ketones (excluding diaryl/α,β-unsaturated/α-hetero) is 1. The first-order valence-electron chi connectivity index (χ1n) is 5.50. The van der Waals surface area contributed by atoms with E-state index in [9.17, 15) is 14.0 Å². The summed E-state index contributed by atoms with van der Waals surface area (Å²) in [7, 11) is 0. The van der Waals surface area contributed by atoms with Crippen LogP contribution in [-0.4, -0.2) is 17.7 Å². The molecule has 1 atom stereocenters. The zero-order valence-corrected chi connectivity index (χ0v) is 11.7. The van der Waals surface area contributed by atoms with Crippen molar-refractivity contribution >= 4 is 41.4 Å². The second kappa shape index (κ2) is 5.86. The lowest BCUT2D eigenvalue weighted by Gasteiger charge is -2.24. The third kappa shape index (κ3) is 2.88. The molecule has 0 aromatic heterocycles. The highest BCUT2D eigenvalue weighted by Gasteiger charge is 2.30. The number of nitrogens with two attached hydrogens (primary N) is 1. The largest absolute Gasteiger partial charge is 0.326 e. The Kier molecular flexibility index (Phi) is 4.90. The fourth-order valence-electron chi connectivity index (χ4n) is 2.10.